The molecule has 0 unspecified atom stereocenters. The van der Waals surface area contributed by atoms with Gasteiger partial charge in [-0.1, -0.05) is 48.0 Å². The van der Waals surface area contributed by atoms with Crippen LogP contribution in [-0.4, -0.2) is 13.0 Å². The lowest BCUT2D eigenvalue weighted by molar-refractivity contribution is 0.102. The van der Waals surface area contributed by atoms with E-state index in [1.165, 1.54) is 0 Å². The summed E-state index contributed by atoms with van der Waals surface area (Å²) in [5, 5.41) is 3.50. The number of nitrogens with one attached hydrogen (secondary N) is 1. The Bertz CT molecular complexity index is 1240. The van der Waals surface area contributed by atoms with E-state index in [-0.39, 0.29) is 12.5 Å². The van der Waals surface area contributed by atoms with E-state index in [0.717, 1.165) is 16.9 Å². The molecule has 172 valence electrons. The van der Waals surface area contributed by atoms with Gasteiger partial charge in [-0.2, -0.15) is 0 Å². The first-order valence-corrected chi connectivity index (χ1v) is 11.1. The summed E-state index contributed by atoms with van der Waals surface area (Å²) < 4.78 is 17.1. The van der Waals surface area contributed by atoms with Crippen molar-refractivity contribution in [1.82, 2.24) is 0 Å². The van der Waals surface area contributed by atoms with Crippen molar-refractivity contribution in [2.45, 2.75) is 13.2 Å². The molecule has 0 spiro atoms. The highest BCUT2D eigenvalue weighted by atomic mass is 35.5. The van der Waals surface area contributed by atoms with Crippen LogP contribution < -0.4 is 19.5 Å². The van der Waals surface area contributed by atoms with Crippen molar-refractivity contribution in [2.24, 2.45) is 0 Å². The van der Waals surface area contributed by atoms with Crippen LogP contribution in [0, 0.1) is 0 Å². The van der Waals surface area contributed by atoms with Gasteiger partial charge in [0, 0.05) is 21.8 Å². The third kappa shape index (κ3) is 6.30. The summed E-state index contributed by atoms with van der Waals surface area (Å²) in [4.78, 5) is 12.8. The molecule has 1 N–H and O–H groups in total. The number of rotatable bonds is 9. The molecule has 0 aliphatic carbocycles. The van der Waals surface area contributed by atoms with Gasteiger partial charge in [0.05, 0.1) is 7.11 Å². The maximum absolute atomic E-state index is 12.8. The Morgan fingerprint density at radius 2 is 1.56 bits per heavy atom. The highest BCUT2D eigenvalue weighted by molar-refractivity contribution is 6.30. The maximum Gasteiger partial charge on any atom is 0.255 e. The fraction of sp³-hybridized carbons (Fsp3) is 0.107. The summed E-state index contributed by atoms with van der Waals surface area (Å²) in [6.45, 7) is 0.719. The zero-order valence-electron chi connectivity index (χ0n) is 18.7. The molecular weight excluding hydrogens is 450 g/mol. The molecule has 0 bridgehead atoms. The van der Waals surface area contributed by atoms with E-state index in [1.807, 2.05) is 66.7 Å². The molecule has 0 heterocycles. The molecule has 5 nitrogen and oxygen atoms in total. The Kier molecular flexibility index (Phi) is 7.68. The van der Waals surface area contributed by atoms with E-state index >= 15 is 0 Å². The molecule has 0 aromatic heterocycles. The Hall–Kier alpha value is -3.96. The maximum atomic E-state index is 12.8. The number of amides is 1. The highest BCUT2D eigenvalue weighted by Gasteiger charge is 2.12. The minimum atomic E-state index is -0.232. The second-order valence-corrected chi connectivity index (χ2v) is 7.96. The zero-order valence-corrected chi connectivity index (χ0v) is 19.4. The van der Waals surface area contributed by atoms with Gasteiger partial charge in [-0.05, 0) is 66.2 Å². The normalized spacial score (nSPS) is 10.4. The number of hydrogen-bond acceptors (Lipinski definition) is 4. The number of methoxy groups -OCH3 is 1. The number of carbonyl (C=O) groups excluding carboxylic acids is 1. The van der Waals surface area contributed by atoms with Gasteiger partial charge in [0.2, 0.25) is 0 Å². The lowest BCUT2D eigenvalue weighted by Gasteiger charge is -2.13. The molecule has 0 saturated carbocycles. The van der Waals surface area contributed by atoms with Gasteiger partial charge in [-0.15, -0.1) is 0 Å². The molecule has 6 heteroatoms. The van der Waals surface area contributed by atoms with Crippen LogP contribution in [0.1, 0.15) is 21.5 Å². The summed E-state index contributed by atoms with van der Waals surface area (Å²) in [6, 6.07) is 29.6. The monoisotopic (exact) mass is 473 g/mol. The molecular formula is C28H24ClNO4. The molecule has 34 heavy (non-hydrogen) atoms. The second kappa shape index (κ2) is 11.3. The van der Waals surface area contributed by atoms with Crippen molar-refractivity contribution < 1.29 is 19.0 Å². The number of anilines is 1. The Labute approximate surface area is 203 Å². The topological polar surface area (TPSA) is 56.8 Å². The van der Waals surface area contributed by atoms with Crippen LogP contribution in [0.2, 0.25) is 5.02 Å². The average molecular weight is 474 g/mol. The van der Waals surface area contributed by atoms with E-state index in [9.17, 15) is 4.79 Å². The lowest BCUT2D eigenvalue weighted by atomic mass is 10.1. The molecule has 0 saturated heterocycles. The fourth-order valence-corrected chi connectivity index (χ4v) is 3.51. The molecule has 4 rings (SSSR count). The fourth-order valence-electron chi connectivity index (χ4n) is 3.33. The van der Waals surface area contributed by atoms with Crippen molar-refractivity contribution in [3.63, 3.8) is 0 Å². The van der Waals surface area contributed by atoms with Crippen molar-refractivity contribution in [3.05, 3.63) is 119 Å². The number of benzene rings is 4. The van der Waals surface area contributed by atoms with E-state index in [0.29, 0.717) is 34.4 Å². The summed E-state index contributed by atoms with van der Waals surface area (Å²) in [5.74, 6) is 1.77. The highest BCUT2D eigenvalue weighted by Crippen LogP contribution is 2.25. The van der Waals surface area contributed by atoms with Crippen molar-refractivity contribution in [1.29, 1.82) is 0 Å². The molecule has 4 aromatic carbocycles. The minimum Gasteiger partial charge on any atom is -0.496 e. The first kappa shape index (κ1) is 23.2. The number of ether oxygens (including phenoxy) is 3. The smallest absolute Gasteiger partial charge is 0.255 e. The van der Waals surface area contributed by atoms with E-state index in [4.69, 9.17) is 25.8 Å². The molecule has 0 atom stereocenters. The van der Waals surface area contributed by atoms with E-state index in [2.05, 4.69) is 5.32 Å². The molecule has 1 amide bonds. The Balaban J connectivity index is 1.38. The standard InChI is InChI=1S/C28H24ClNO4/c1-32-27-15-10-21(16-22(27)19-34-26-9-5-8-23(29)17-26)28(31)30-24-11-13-25(14-12-24)33-18-20-6-3-2-4-7-20/h2-17H,18-19H2,1H3,(H,30,31). The van der Waals surface area contributed by atoms with Gasteiger partial charge in [0.25, 0.3) is 5.91 Å². The van der Waals surface area contributed by atoms with Crippen LogP contribution in [0.25, 0.3) is 0 Å². The van der Waals surface area contributed by atoms with E-state index < -0.39 is 0 Å². The van der Waals surface area contributed by atoms with Gasteiger partial charge < -0.3 is 19.5 Å². The summed E-state index contributed by atoms with van der Waals surface area (Å²) >= 11 is 6.02. The van der Waals surface area contributed by atoms with Crippen LogP contribution in [0.4, 0.5) is 5.69 Å². The second-order valence-electron chi connectivity index (χ2n) is 7.53. The van der Waals surface area contributed by atoms with Crippen LogP contribution in [0.15, 0.2) is 97.1 Å². The van der Waals surface area contributed by atoms with Crippen molar-refractivity contribution in [2.75, 3.05) is 12.4 Å². The molecule has 4 aromatic rings. The third-order valence-corrected chi connectivity index (χ3v) is 5.33. The van der Waals surface area contributed by atoms with Gasteiger partial charge in [-0.3, -0.25) is 4.79 Å². The van der Waals surface area contributed by atoms with E-state index in [1.54, 1.807) is 37.4 Å². The predicted molar refractivity (Wildman–Crippen MR) is 134 cm³/mol. The van der Waals surface area contributed by atoms with Gasteiger partial charge >= 0.3 is 0 Å². The molecule has 0 aliphatic heterocycles. The summed E-state index contributed by atoms with van der Waals surface area (Å²) in [7, 11) is 1.58. The van der Waals surface area contributed by atoms with Crippen LogP contribution in [0.5, 0.6) is 17.2 Å². The Morgan fingerprint density at radius 1 is 0.794 bits per heavy atom. The first-order chi connectivity index (χ1) is 16.6. The SMILES string of the molecule is COc1ccc(C(=O)Nc2ccc(OCc3ccccc3)cc2)cc1COc1cccc(Cl)c1. The largest absolute Gasteiger partial charge is 0.496 e. The Morgan fingerprint density at radius 3 is 2.29 bits per heavy atom. The van der Waals surface area contributed by atoms with Crippen LogP contribution in [-0.2, 0) is 13.2 Å². The summed E-state index contributed by atoms with van der Waals surface area (Å²) in [5.41, 5.74) is 3.01. The third-order valence-electron chi connectivity index (χ3n) is 5.09. The van der Waals surface area contributed by atoms with Crippen molar-refractivity contribution >= 4 is 23.2 Å². The molecule has 0 radical (unpaired) electrons. The van der Waals surface area contributed by atoms with Crippen molar-refractivity contribution in [3.8, 4) is 17.2 Å². The quantitative estimate of drug-likeness (QED) is 0.292. The van der Waals surface area contributed by atoms with Gasteiger partial charge in [0.1, 0.15) is 30.5 Å². The number of carbonyl (C=O) groups is 1. The number of halogens is 1. The van der Waals surface area contributed by atoms with Crippen LogP contribution >= 0.6 is 11.6 Å². The number of hydrogen-bond donors (Lipinski definition) is 1. The minimum absolute atomic E-state index is 0.232. The zero-order chi connectivity index (χ0) is 23.8. The lowest BCUT2D eigenvalue weighted by Crippen LogP contribution is -2.13. The molecule has 0 fully saturated rings. The predicted octanol–water partition coefficient (Wildman–Crippen LogP) is 6.76. The van der Waals surface area contributed by atoms with Crippen LogP contribution in [0.3, 0.4) is 0 Å². The first-order valence-electron chi connectivity index (χ1n) is 10.7. The molecule has 0 aliphatic rings. The van der Waals surface area contributed by atoms with Gasteiger partial charge in [-0.25, -0.2) is 0 Å². The summed E-state index contributed by atoms with van der Waals surface area (Å²) in [6.07, 6.45) is 0. The average Bonchev–Trinajstić information content (AvgIpc) is 2.87. The van der Waals surface area contributed by atoms with Gasteiger partial charge in [0.15, 0.2) is 0 Å².